The lowest BCUT2D eigenvalue weighted by molar-refractivity contribution is -0.274. The number of halogens is 4. The van der Waals surface area contributed by atoms with E-state index in [2.05, 4.69) is 10.1 Å². The molecule has 0 saturated carbocycles. The van der Waals surface area contributed by atoms with Gasteiger partial charge in [-0.05, 0) is 13.0 Å². The van der Waals surface area contributed by atoms with Gasteiger partial charge in [0.25, 0.3) is 0 Å². The lowest BCUT2D eigenvalue weighted by Gasteiger charge is -2.29. The highest BCUT2D eigenvalue weighted by Gasteiger charge is 2.31. The smallest absolute Gasteiger partial charge is 0.406 e. The van der Waals surface area contributed by atoms with Crippen molar-refractivity contribution in [3.63, 3.8) is 0 Å². The van der Waals surface area contributed by atoms with Crippen LogP contribution in [0.1, 0.15) is 18.5 Å². The van der Waals surface area contributed by atoms with Gasteiger partial charge in [0.1, 0.15) is 11.6 Å². The van der Waals surface area contributed by atoms with Crippen LogP contribution in [0.5, 0.6) is 5.75 Å². The molecular weight excluding hydrogens is 266 g/mol. The topological polar surface area (TPSA) is 30.5 Å². The maximum absolute atomic E-state index is 13.8. The van der Waals surface area contributed by atoms with E-state index in [9.17, 15) is 17.6 Å². The molecule has 0 bridgehead atoms. The monoisotopic (exact) mass is 279 g/mol. The van der Waals surface area contributed by atoms with Gasteiger partial charge < -0.3 is 14.8 Å². The minimum Gasteiger partial charge on any atom is -0.406 e. The summed E-state index contributed by atoms with van der Waals surface area (Å²) in [5, 5.41) is 3.11. The third kappa shape index (κ3) is 3.81. The summed E-state index contributed by atoms with van der Waals surface area (Å²) >= 11 is 0. The molecule has 0 aliphatic carbocycles. The van der Waals surface area contributed by atoms with Crippen LogP contribution in [0.2, 0.25) is 0 Å². The van der Waals surface area contributed by atoms with Crippen molar-refractivity contribution < 1.29 is 27.0 Å². The van der Waals surface area contributed by atoms with Crippen LogP contribution in [-0.4, -0.2) is 25.6 Å². The van der Waals surface area contributed by atoms with E-state index in [0.29, 0.717) is 6.61 Å². The summed E-state index contributed by atoms with van der Waals surface area (Å²) in [4.78, 5) is 0. The minimum absolute atomic E-state index is 0.0595. The summed E-state index contributed by atoms with van der Waals surface area (Å²) in [6.07, 6.45) is -4.82. The lowest BCUT2D eigenvalue weighted by Crippen LogP contribution is -2.42. The first-order valence-corrected chi connectivity index (χ1v) is 5.74. The Balaban J connectivity index is 2.15. The molecule has 1 aromatic rings. The van der Waals surface area contributed by atoms with Gasteiger partial charge in [-0.2, -0.15) is 0 Å². The highest BCUT2D eigenvalue weighted by Crippen LogP contribution is 2.27. The molecule has 3 nitrogen and oxygen atoms in total. The zero-order valence-electron chi connectivity index (χ0n) is 10.1. The molecule has 1 saturated heterocycles. The fourth-order valence-electron chi connectivity index (χ4n) is 1.97. The minimum atomic E-state index is -4.82. The number of alkyl halides is 3. The zero-order chi connectivity index (χ0) is 14.0. The summed E-state index contributed by atoms with van der Waals surface area (Å²) in [5.41, 5.74) is 0.265. The lowest BCUT2D eigenvalue weighted by atomic mass is 10.0. The molecule has 2 rings (SSSR count). The molecule has 1 N–H and O–H groups in total. The molecule has 1 fully saturated rings. The predicted molar refractivity (Wildman–Crippen MR) is 59.2 cm³/mol. The van der Waals surface area contributed by atoms with Gasteiger partial charge >= 0.3 is 6.36 Å². The Morgan fingerprint density at radius 2 is 2.05 bits per heavy atom. The SMILES string of the molecule is CC1COCC(c2ccc(OC(F)(F)F)cc2F)N1. The highest BCUT2D eigenvalue weighted by atomic mass is 19.4. The largest absolute Gasteiger partial charge is 0.573 e. The van der Waals surface area contributed by atoms with Gasteiger partial charge in [-0.25, -0.2) is 4.39 Å². The van der Waals surface area contributed by atoms with Crippen molar-refractivity contribution in [2.45, 2.75) is 25.4 Å². The average Bonchev–Trinajstić information content (AvgIpc) is 2.26. The van der Waals surface area contributed by atoms with Crippen molar-refractivity contribution in [1.29, 1.82) is 0 Å². The van der Waals surface area contributed by atoms with E-state index in [4.69, 9.17) is 4.74 Å². The van der Waals surface area contributed by atoms with E-state index in [1.54, 1.807) is 0 Å². The fourth-order valence-corrected chi connectivity index (χ4v) is 1.97. The van der Waals surface area contributed by atoms with Gasteiger partial charge in [0.15, 0.2) is 0 Å². The third-order valence-electron chi connectivity index (χ3n) is 2.72. The van der Waals surface area contributed by atoms with Crippen molar-refractivity contribution in [2.75, 3.05) is 13.2 Å². The molecular formula is C12H13F4NO2. The van der Waals surface area contributed by atoms with Crippen molar-refractivity contribution >= 4 is 0 Å². The first-order chi connectivity index (χ1) is 8.85. The van der Waals surface area contributed by atoms with Crippen molar-refractivity contribution in [3.8, 4) is 5.75 Å². The molecule has 2 atom stereocenters. The van der Waals surface area contributed by atoms with Crippen LogP contribution < -0.4 is 10.1 Å². The second-order valence-corrected chi connectivity index (χ2v) is 4.39. The Morgan fingerprint density at radius 3 is 2.63 bits per heavy atom. The van der Waals surface area contributed by atoms with Crippen LogP contribution in [0.15, 0.2) is 18.2 Å². The van der Waals surface area contributed by atoms with E-state index >= 15 is 0 Å². The van der Waals surface area contributed by atoms with Crippen LogP contribution in [0.3, 0.4) is 0 Å². The molecule has 1 aromatic carbocycles. The molecule has 0 radical (unpaired) electrons. The Kier molecular flexibility index (Phi) is 3.96. The van der Waals surface area contributed by atoms with E-state index in [-0.39, 0.29) is 24.3 Å². The molecule has 7 heteroatoms. The Hall–Kier alpha value is -1.34. The van der Waals surface area contributed by atoms with Gasteiger partial charge in [-0.1, -0.05) is 6.07 Å². The summed E-state index contributed by atoms with van der Waals surface area (Å²) in [6.45, 7) is 2.68. The maximum atomic E-state index is 13.8. The Bertz CT molecular complexity index is 450. The molecule has 0 aromatic heterocycles. The van der Waals surface area contributed by atoms with Crippen LogP contribution in [0, 0.1) is 5.82 Å². The number of benzene rings is 1. The first-order valence-electron chi connectivity index (χ1n) is 5.74. The summed E-state index contributed by atoms with van der Waals surface area (Å²) in [7, 11) is 0. The van der Waals surface area contributed by atoms with Gasteiger partial charge in [0.05, 0.1) is 19.3 Å². The number of hydrogen-bond donors (Lipinski definition) is 1. The molecule has 1 aliphatic heterocycles. The Labute approximate surface area is 107 Å². The molecule has 1 aliphatic rings. The number of ether oxygens (including phenoxy) is 2. The number of hydrogen-bond acceptors (Lipinski definition) is 3. The molecule has 2 unspecified atom stereocenters. The first kappa shape index (κ1) is 14.1. The summed E-state index contributed by atoms with van der Waals surface area (Å²) in [6, 6.07) is 2.78. The quantitative estimate of drug-likeness (QED) is 0.844. The van der Waals surface area contributed by atoms with Gasteiger partial charge in [0, 0.05) is 17.7 Å². The van der Waals surface area contributed by atoms with Crippen LogP contribution in [-0.2, 0) is 4.74 Å². The van der Waals surface area contributed by atoms with Crippen LogP contribution in [0.25, 0.3) is 0 Å². The summed E-state index contributed by atoms with van der Waals surface area (Å²) in [5.74, 6) is -1.32. The Morgan fingerprint density at radius 1 is 1.32 bits per heavy atom. The number of morpholine rings is 1. The zero-order valence-corrected chi connectivity index (χ0v) is 10.1. The third-order valence-corrected chi connectivity index (χ3v) is 2.72. The van der Waals surface area contributed by atoms with Crippen LogP contribution in [0.4, 0.5) is 17.6 Å². The van der Waals surface area contributed by atoms with Gasteiger partial charge in [-0.15, -0.1) is 13.2 Å². The van der Waals surface area contributed by atoms with E-state index in [0.717, 1.165) is 12.1 Å². The van der Waals surface area contributed by atoms with Crippen molar-refractivity contribution in [3.05, 3.63) is 29.6 Å². The maximum Gasteiger partial charge on any atom is 0.573 e. The average molecular weight is 279 g/mol. The van der Waals surface area contributed by atoms with Gasteiger partial charge in [0.2, 0.25) is 0 Å². The van der Waals surface area contributed by atoms with E-state index < -0.39 is 17.9 Å². The van der Waals surface area contributed by atoms with E-state index in [1.165, 1.54) is 6.07 Å². The molecule has 106 valence electrons. The fraction of sp³-hybridized carbons (Fsp3) is 0.500. The normalized spacial score (nSPS) is 24.3. The molecule has 0 spiro atoms. The molecule has 1 heterocycles. The number of rotatable bonds is 2. The standard InChI is InChI=1S/C12H13F4NO2/c1-7-5-18-6-11(17-7)9-3-2-8(4-10(9)13)19-12(14,15)16/h2-4,7,11,17H,5-6H2,1H3. The summed E-state index contributed by atoms with van der Waals surface area (Å²) < 4.78 is 58.7. The van der Waals surface area contributed by atoms with Crippen molar-refractivity contribution in [1.82, 2.24) is 5.32 Å². The predicted octanol–water partition coefficient (Wildman–Crippen LogP) is 2.77. The van der Waals surface area contributed by atoms with E-state index in [1.807, 2.05) is 6.92 Å². The number of nitrogens with one attached hydrogen (secondary N) is 1. The second kappa shape index (κ2) is 5.34. The van der Waals surface area contributed by atoms with Crippen molar-refractivity contribution in [2.24, 2.45) is 0 Å². The molecule has 0 amide bonds. The second-order valence-electron chi connectivity index (χ2n) is 4.39. The molecule has 19 heavy (non-hydrogen) atoms. The highest BCUT2D eigenvalue weighted by molar-refractivity contribution is 5.31. The van der Waals surface area contributed by atoms with Crippen LogP contribution >= 0.6 is 0 Å². The van der Waals surface area contributed by atoms with Gasteiger partial charge in [-0.3, -0.25) is 0 Å².